The fraction of sp³-hybridized carbons (Fsp3) is 0.750. The van der Waals surface area contributed by atoms with Crippen LogP contribution in [0.4, 0.5) is 0 Å². The Balaban J connectivity index is 2.28. The van der Waals surface area contributed by atoms with Crippen LogP contribution in [0.2, 0.25) is 0 Å². The number of unbranched alkanes of at least 4 members (excludes halogenated alkanes) is 1. The van der Waals surface area contributed by atoms with Crippen molar-refractivity contribution < 1.29 is 4.79 Å². The van der Waals surface area contributed by atoms with E-state index in [2.05, 4.69) is 6.58 Å². The zero-order valence-corrected chi connectivity index (χ0v) is 9.45. The van der Waals surface area contributed by atoms with Gasteiger partial charge in [0, 0.05) is 13.1 Å². The predicted octanol–water partition coefficient (Wildman–Crippen LogP) is 1.54. The number of rotatable bonds is 5. The molecule has 86 valence electrons. The molecule has 1 fully saturated rings. The summed E-state index contributed by atoms with van der Waals surface area (Å²) in [6, 6.07) is 0. The minimum absolute atomic E-state index is 0.0820. The summed E-state index contributed by atoms with van der Waals surface area (Å²) in [5.41, 5.74) is 5.46. The molecule has 0 aliphatic carbocycles. The van der Waals surface area contributed by atoms with Gasteiger partial charge in [0.25, 0.3) is 0 Å². The van der Waals surface area contributed by atoms with Crippen LogP contribution in [-0.4, -0.2) is 30.4 Å². The van der Waals surface area contributed by atoms with Crippen molar-refractivity contribution in [2.75, 3.05) is 19.6 Å². The SMILES string of the molecule is C=CC(=O)N1CCCC(CCCCN)C1. The molecule has 0 aromatic carbocycles. The largest absolute Gasteiger partial charge is 0.339 e. The number of carbonyl (C=O) groups is 1. The Morgan fingerprint density at radius 3 is 3.00 bits per heavy atom. The second-order valence-electron chi connectivity index (χ2n) is 4.28. The van der Waals surface area contributed by atoms with Crippen molar-refractivity contribution in [2.24, 2.45) is 11.7 Å². The lowest BCUT2D eigenvalue weighted by molar-refractivity contribution is -0.127. The smallest absolute Gasteiger partial charge is 0.245 e. The fourth-order valence-electron chi connectivity index (χ4n) is 2.21. The maximum atomic E-state index is 11.4. The summed E-state index contributed by atoms with van der Waals surface area (Å²) in [5, 5.41) is 0. The first-order valence-electron chi connectivity index (χ1n) is 5.89. The summed E-state index contributed by atoms with van der Waals surface area (Å²) in [4.78, 5) is 13.4. The van der Waals surface area contributed by atoms with Crippen LogP contribution < -0.4 is 5.73 Å². The van der Waals surface area contributed by atoms with E-state index >= 15 is 0 Å². The first-order valence-corrected chi connectivity index (χ1v) is 5.89. The second-order valence-corrected chi connectivity index (χ2v) is 4.28. The molecule has 2 N–H and O–H groups in total. The standard InChI is InChI=1S/C12H22N2O/c1-2-12(15)14-9-5-7-11(10-14)6-3-4-8-13/h2,11H,1,3-10,13H2. The highest BCUT2D eigenvalue weighted by molar-refractivity contribution is 5.87. The van der Waals surface area contributed by atoms with E-state index in [9.17, 15) is 4.79 Å². The molecule has 1 atom stereocenters. The molecular weight excluding hydrogens is 188 g/mol. The molecule has 0 aromatic rings. The van der Waals surface area contributed by atoms with Gasteiger partial charge in [0.1, 0.15) is 0 Å². The number of amides is 1. The van der Waals surface area contributed by atoms with Crippen LogP contribution in [0.5, 0.6) is 0 Å². The lowest BCUT2D eigenvalue weighted by Gasteiger charge is -2.32. The van der Waals surface area contributed by atoms with E-state index in [4.69, 9.17) is 5.73 Å². The first kappa shape index (κ1) is 12.2. The minimum atomic E-state index is 0.0820. The van der Waals surface area contributed by atoms with Gasteiger partial charge in [0.15, 0.2) is 0 Å². The number of likely N-dealkylation sites (tertiary alicyclic amines) is 1. The van der Waals surface area contributed by atoms with Crippen LogP contribution >= 0.6 is 0 Å². The fourth-order valence-corrected chi connectivity index (χ4v) is 2.21. The zero-order valence-electron chi connectivity index (χ0n) is 9.45. The highest BCUT2D eigenvalue weighted by Gasteiger charge is 2.21. The van der Waals surface area contributed by atoms with E-state index < -0.39 is 0 Å². The van der Waals surface area contributed by atoms with E-state index in [1.165, 1.54) is 25.3 Å². The van der Waals surface area contributed by atoms with Gasteiger partial charge >= 0.3 is 0 Å². The number of piperidine rings is 1. The summed E-state index contributed by atoms with van der Waals surface area (Å²) in [7, 11) is 0. The number of nitrogens with two attached hydrogens (primary N) is 1. The average Bonchev–Trinajstić information content (AvgIpc) is 2.29. The molecule has 0 radical (unpaired) electrons. The zero-order chi connectivity index (χ0) is 11.1. The molecule has 1 heterocycles. The molecule has 0 spiro atoms. The third-order valence-corrected chi connectivity index (χ3v) is 3.07. The molecule has 1 aliphatic rings. The molecule has 1 rings (SSSR count). The molecule has 0 saturated carbocycles. The predicted molar refractivity (Wildman–Crippen MR) is 62.4 cm³/mol. The van der Waals surface area contributed by atoms with Gasteiger partial charge in [0.2, 0.25) is 5.91 Å². The number of nitrogens with zero attached hydrogens (tertiary/aromatic N) is 1. The lowest BCUT2D eigenvalue weighted by Crippen LogP contribution is -2.38. The molecule has 1 aliphatic heterocycles. The number of carbonyl (C=O) groups excluding carboxylic acids is 1. The van der Waals surface area contributed by atoms with Crippen molar-refractivity contribution in [3.63, 3.8) is 0 Å². The van der Waals surface area contributed by atoms with Gasteiger partial charge in [0.05, 0.1) is 0 Å². The normalized spacial score (nSPS) is 21.4. The van der Waals surface area contributed by atoms with E-state index in [0.29, 0.717) is 5.92 Å². The van der Waals surface area contributed by atoms with Gasteiger partial charge in [-0.05, 0) is 44.2 Å². The maximum Gasteiger partial charge on any atom is 0.245 e. The monoisotopic (exact) mass is 210 g/mol. The maximum absolute atomic E-state index is 11.4. The van der Waals surface area contributed by atoms with E-state index in [1.807, 2.05) is 4.90 Å². The number of hydrogen-bond acceptors (Lipinski definition) is 2. The Morgan fingerprint density at radius 2 is 2.33 bits per heavy atom. The van der Waals surface area contributed by atoms with Crippen LogP contribution in [0.1, 0.15) is 32.1 Å². The van der Waals surface area contributed by atoms with Gasteiger partial charge < -0.3 is 10.6 Å². The van der Waals surface area contributed by atoms with Crippen LogP contribution in [-0.2, 0) is 4.79 Å². The quantitative estimate of drug-likeness (QED) is 0.552. The van der Waals surface area contributed by atoms with Gasteiger partial charge in [-0.3, -0.25) is 4.79 Å². The van der Waals surface area contributed by atoms with Crippen LogP contribution in [0.25, 0.3) is 0 Å². The Kier molecular flexibility index (Phi) is 5.40. The third-order valence-electron chi connectivity index (χ3n) is 3.07. The van der Waals surface area contributed by atoms with Gasteiger partial charge in [-0.15, -0.1) is 0 Å². The summed E-state index contributed by atoms with van der Waals surface area (Å²) < 4.78 is 0. The van der Waals surface area contributed by atoms with Gasteiger partial charge in [-0.1, -0.05) is 13.0 Å². The lowest BCUT2D eigenvalue weighted by atomic mass is 9.92. The van der Waals surface area contributed by atoms with Crippen molar-refractivity contribution >= 4 is 5.91 Å². The Morgan fingerprint density at radius 1 is 1.53 bits per heavy atom. The molecule has 1 unspecified atom stereocenters. The highest BCUT2D eigenvalue weighted by atomic mass is 16.2. The Labute approximate surface area is 92.3 Å². The topological polar surface area (TPSA) is 46.3 Å². The third kappa shape index (κ3) is 4.04. The van der Waals surface area contributed by atoms with E-state index in [-0.39, 0.29) is 5.91 Å². The Hall–Kier alpha value is -0.830. The Bertz CT molecular complexity index is 216. The van der Waals surface area contributed by atoms with Crippen molar-refractivity contribution in [3.05, 3.63) is 12.7 Å². The van der Waals surface area contributed by atoms with Crippen LogP contribution in [0.15, 0.2) is 12.7 Å². The molecular formula is C12H22N2O. The molecule has 1 amide bonds. The van der Waals surface area contributed by atoms with E-state index in [1.54, 1.807) is 0 Å². The van der Waals surface area contributed by atoms with Gasteiger partial charge in [-0.2, -0.15) is 0 Å². The first-order chi connectivity index (χ1) is 7.27. The molecule has 0 bridgehead atoms. The van der Waals surface area contributed by atoms with Gasteiger partial charge in [-0.25, -0.2) is 0 Å². The number of hydrogen-bond donors (Lipinski definition) is 1. The molecule has 0 aromatic heterocycles. The van der Waals surface area contributed by atoms with Crippen molar-refractivity contribution in [2.45, 2.75) is 32.1 Å². The molecule has 3 nitrogen and oxygen atoms in total. The molecule has 15 heavy (non-hydrogen) atoms. The molecule has 3 heteroatoms. The summed E-state index contributed by atoms with van der Waals surface area (Å²) in [6.07, 6.45) is 7.31. The minimum Gasteiger partial charge on any atom is -0.339 e. The van der Waals surface area contributed by atoms with Crippen molar-refractivity contribution in [1.82, 2.24) is 4.90 Å². The highest BCUT2D eigenvalue weighted by Crippen LogP contribution is 2.21. The van der Waals surface area contributed by atoms with Crippen LogP contribution in [0.3, 0.4) is 0 Å². The summed E-state index contributed by atoms with van der Waals surface area (Å²) >= 11 is 0. The van der Waals surface area contributed by atoms with Crippen molar-refractivity contribution in [3.8, 4) is 0 Å². The van der Waals surface area contributed by atoms with E-state index in [0.717, 1.165) is 32.5 Å². The van der Waals surface area contributed by atoms with Crippen molar-refractivity contribution in [1.29, 1.82) is 0 Å². The summed E-state index contributed by atoms with van der Waals surface area (Å²) in [5.74, 6) is 0.757. The summed E-state index contributed by atoms with van der Waals surface area (Å²) in [6.45, 7) is 6.12. The molecule has 1 saturated heterocycles. The second kappa shape index (κ2) is 6.62. The average molecular weight is 210 g/mol. The van der Waals surface area contributed by atoms with Crippen LogP contribution in [0, 0.1) is 5.92 Å².